The smallest absolute Gasteiger partial charge is 0.254 e. The number of rotatable bonds is 5. The zero-order chi connectivity index (χ0) is 21.9. The van der Waals surface area contributed by atoms with Gasteiger partial charge in [0.15, 0.2) is 0 Å². The molecule has 0 saturated carbocycles. The van der Waals surface area contributed by atoms with Crippen molar-refractivity contribution in [1.82, 2.24) is 15.2 Å². The molecule has 5 rings (SSSR count). The van der Waals surface area contributed by atoms with Crippen molar-refractivity contribution >= 4 is 22.7 Å². The number of para-hydroxylation sites is 1. The average Bonchev–Trinajstić information content (AvgIpc) is 3.26. The molecule has 1 aliphatic heterocycles. The molecule has 1 atom stereocenters. The van der Waals surface area contributed by atoms with Crippen LogP contribution < -0.4 is 5.32 Å². The third-order valence-electron chi connectivity index (χ3n) is 6.20. The topological polar surface area (TPSA) is 65.2 Å². The van der Waals surface area contributed by atoms with Gasteiger partial charge in [0, 0.05) is 42.2 Å². The predicted molar refractivity (Wildman–Crippen MR) is 125 cm³/mol. The first-order valence-corrected chi connectivity index (χ1v) is 11.0. The second-order valence-corrected chi connectivity index (χ2v) is 8.19. The zero-order valence-corrected chi connectivity index (χ0v) is 17.8. The van der Waals surface area contributed by atoms with Gasteiger partial charge in [-0.25, -0.2) is 0 Å². The van der Waals surface area contributed by atoms with Crippen molar-refractivity contribution in [1.29, 1.82) is 0 Å². The molecule has 32 heavy (non-hydrogen) atoms. The normalized spacial score (nSPS) is 15.4. The van der Waals surface area contributed by atoms with Gasteiger partial charge in [0.05, 0.1) is 0 Å². The highest BCUT2D eigenvalue weighted by molar-refractivity contribution is 5.98. The van der Waals surface area contributed by atoms with Crippen LogP contribution in [0.5, 0.6) is 0 Å². The van der Waals surface area contributed by atoms with E-state index in [2.05, 4.69) is 16.4 Å². The van der Waals surface area contributed by atoms with Crippen molar-refractivity contribution in [3.8, 4) is 0 Å². The van der Waals surface area contributed by atoms with Crippen LogP contribution >= 0.6 is 0 Å². The first-order valence-electron chi connectivity index (χ1n) is 11.0. The number of amides is 2. The molecular formula is C27H25N3O2. The summed E-state index contributed by atoms with van der Waals surface area (Å²) in [5.74, 6) is -0.222. The Morgan fingerprint density at radius 3 is 2.47 bits per heavy atom. The highest BCUT2D eigenvalue weighted by atomic mass is 16.2. The minimum atomic E-state index is -0.527. The maximum Gasteiger partial charge on any atom is 0.254 e. The van der Waals surface area contributed by atoms with Gasteiger partial charge < -0.3 is 15.2 Å². The molecule has 5 heteroatoms. The van der Waals surface area contributed by atoms with Gasteiger partial charge in [0.25, 0.3) is 5.91 Å². The quantitative estimate of drug-likeness (QED) is 0.508. The molecule has 0 unspecified atom stereocenters. The van der Waals surface area contributed by atoms with E-state index in [1.807, 2.05) is 66.9 Å². The molecular weight excluding hydrogens is 398 g/mol. The Bertz CT molecular complexity index is 1260. The average molecular weight is 424 g/mol. The van der Waals surface area contributed by atoms with Crippen LogP contribution in [-0.4, -0.2) is 34.3 Å². The number of hydrogen-bond donors (Lipinski definition) is 2. The number of H-pyrrole nitrogens is 1. The summed E-state index contributed by atoms with van der Waals surface area (Å²) in [6, 6.07) is 24.9. The van der Waals surface area contributed by atoms with E-state index in [1.165, 1.54) is 10.9 Å². The molecule has 5 nitrogen and oxygen atoms in total. The van der Waals surface area contributed by atoms with Gasteiger partial charge >= 0.3 is 0 Å². The third-order valence-corrected chi connectivity index (χ3v) is 6.20. The van der Waals surface area contributed by atoms with E-state index in [0.717, 1.165) is 23.1 Å². The summed E-state index contributed by atoms with van der Waals surface area (Å²) in [6.07, 6.45) is 3.25. The van der Waals surface area contributed by atoms with Gasteiger partial charge in [0.2, 0.25) is 5.91 Å². The van der Waals surface area contributed by atoms with E-state index >= 15 is 0 Å². The summed E-state index contributed by atoms with van der Waals surface area (Å²) in [5.41, 5.74) is 5.09. The first kappa shape index (κ1) is 20.1. The van der Waals surface area contributed by atoms with Gasteiger partial charge in [-0.2, -0.15) is 0 Å². The van der Waals surface area contributed by atoms with Crippen LogP contribution in [0.15, 0.2) is 85.1 Å². The van der Waals surface area contributed by atoms with E-state index in [0.29, 0.717) is 25.1 Å². The molecule has 4 aromatic rings. The second kappa shape index (κ2) is 8.71. The van der Waals surface area contributed by atoms with Crippen LogP contribution in [0.4, 0.5) is 0 Å². The summed E-state index contributed by atoms with van der Waals surface area (Å²) in [6.45, 7) is 0.955. The lowest BCUT2D eigenvalue weighted by Gasteiger charge is -2.36. The van der Waals surface area contributed by atoms with Crippen LogP contribution in [0.1, 0.15) is 27.0 Å². The van der Waals surface area contributed by atoms with Crippen LogP contribution in [0.3, 0.4) is 0 Å². The lowest BCUT2D eigenvalue weighted by Crippen LogP contribution is -2.52. The summed E-state index contributed by atoms with van der Waals surface area (Å²) in [5, 5.41) is 4.25. The highest BCUT2D eigenvalue weighted by Crippen LogP contribution is 2.25. The number of nitrogens with zero attached hydrogens (tertiary/aromatic N) is 1. The molecule has 2 amide bonds. The van der Waals surface area contributed by atoms with E-state index < -0.39 is 6.04 Å². The fourth-order valence-corrected chi connectivity index (χ4v) is 4.49. The number of carbonyl (C=O) groups is 2. The van der Waals surface area contributed by atoms with Crippen LogP contribution in [0, 0.1) is 0 Å². The maximum absolute atomic E-state index is 13.3. The lowest BCUT2D eigenvalue weighted by atomic mass is 9.92. The molecule has 2 heterocycles. The molecule has 1 aromatic heterocycles. The van der Waals surface area contributed by atoms with E-state index in [9.17, 15) is 9.59 Å². The Labute approximate surface area is 187 Å². The van der Waals surface area contributed by atoms with E-state index in [4.69, 9.17) is 0 Å². The van der Waals surface area contributed by atoms with Gasteiger partial charge in [-0.15, -0.1) is 0 Å². The molecule has 1 aliphatic rings. The van der Waals surface area contributed by atoms with Crippen molar-refractivity contribution in [2.45, 2.75) is 25.4 Å². The maximum atomic E-state index is 13.3. The number of hydrogen-bond acceptors (Lipinski definition) is 2. The summed E-state index contributed by atoms with van der Waals surface area (Å²) in [4.78, 5) is 31.5. The highest BCUT2D eigenvalue weighted by Gasteiger charge is 2.34. The van der Waals surface area contributed by atoms with E-state index in [-0.39, 0.29) is 11.8 Å². The van der Waals surface area contributed by atoms with Gasteiger partial charge in [-0.1, -0.05) is 60.7 Å². The zero-order valence-electron chi connectivity index (χ0n) is 17.8. The van der Waals surface area contributed by atoms with E-state index in [1.54, 1.807) is 17.0 Å². The monoisotopic (exact) mass is 423 g/mol. The fraction of sp³-hybridized carbons (Fsp3) is 0.185. The predicted octanol–water partition coefficient (Wildman–Crippen LogP) is 4.09. The molecule has 2 N–H and O–H groups in total. The Kier molecular flexibility index (Phi) is 5.46. The summed E-state index contributed by atoms with van der Waals surface area (Å²) in [7, 11) is 0. The molecule has 0 spiro atoms. The Morgan fingerprint density at radius 1 is 0.906 bits per heavy atom. The van der Waals surface area contributed by atoms with Crippen LogP contribution in [0.25, 0.3) is 10.9 Å². The first-order chi connectivity index (χ1) is 15.7. The van der Waals surface area contributed by atoms with Crippen molar-refractivity contribution in [2.24, 2.45) is 0 Å². The second-order valence-electron chi connectivity index (χ2n) is 8.19. The van der Waals surface area contributed by atoms with Crippen molar-refractivity contribution < 1.29 is 9.59 Å². The van der Waals surface area contributed by atoms with Crippen LogP contribution in [0.2, 0.25) is 0 Å². The number of fused-ring (bicyclic) bond motifs is 2. The van der Waals surface area contributed by atoms with Crippen LogP contribution in [-0.2, 0) is 24.2 Å². The van der Waals surface area contributed by atoms with Gasteiger partial charge in [0.1, 0.15) is 6.04 Å². The number of nitrogens with one attached hydrogen (secondary N) is 2. The summed E-state index contributed by atoms with van der Waals surface area (Å²) >= 11 is 0. The molecule has 0 saturated heterocycles. The lowest BCUT2D eigenvalue weighted by molar-refractivity contribution is -0.126. The molecule has 0 bridgehead atoms. The largest absolute Gasteiger partial charge is 0.361 e. The van der Waals surface area contributed by atoms with Gasteiger partial charge in [-0.05, 0) is 41.3 Å². The van der Waals surface area contributed by atoms with Gasteiger partial charge in [-0.3, -0.25) is 9.59 Å². The molecule has 0 radical (unpaired) electrons. The van der Waals surface area contributed by atoms with Crippen molar-refractivity contribution in [3.63, 3.8) is 0 Å². The molecule has 0 aliphatic carbocycles. The SMILES string of the molecule is O=C(NCCc1c[nH]c2ccccc12)[C@@H]1Cc2ccccc2CN1C(=O)c1ccccc1. The Hall–Kier alpha value is -3.86. The number of carbonyl (C=O) groups excluding carboxylic acids is 2. The minimum absolute atomic E-state index is 0.108. The Balaban J connectivity index is 1.33. The van der Waals surface area contributed by atoms with Crippen molar-refractivity contribution in [3.05, 3.63) is 107 Å². The fourth-order valence-electron chi connectivity index (χ4n) is 4.49. The standard InChI is InChI=1S/C27H25N3O2/c31-26(28-15-14-21-17-29-24-13-7-6-12-23(21)24)25-16-20-10-4-5-11-22(20)18-30(25)27(32)19-8-2-1-3-9-19/h1-13,17,25,29H,14-16,18H2,(H,28,31)/t25-/m0/s1. The summed E-state index contributed by atoms with van der Waals surface area (Å²) < 4.78 is 0. The number of aromatic nitrogens is 1. The molecule has 0 fully saturated rings. The molecule has 3 aromatic carbocycles. The Morgan fingerprint density at radius 2 is 1.62 bits per heavy atom. The molecule has 160 valence electrons. The third kappa shape index (κ3) is 3.89. The number of aromatic amines is 1. The number of benzene rings is 3. The van der Waals surface area contributed by atoms with Crippen molar-refractivity contribution in [2.75, 3.05) is 6.54 Å². The minimum Gasteiger partial charge on any atom is -0.361 e.